The number of rotatable bonds is 4. The first-order chi connectivity index (χ1) is 7.06. The highest BCUT2D eigenvalue weighted by Gasteiger charge is 2.07. The van der Waals surface area contributed by atoms with E-state index in [9.17, 15) is 4.39 Å². The van der Waals surface area contributed by atoms with Gasteiger partial charge in [-0.1, -0.05) is 25.1 Å². The van der Waals surface area contributed by atoms with Gasteiger partial charge in [0.1, 0.15) is 5.82 Å². The van der Waals surface area contributed by atoms with Crippen LogP contribution in [0.4, 0.5) is 4.39 Å². The van der Waals surface area contributed by atoms with Crippen LogP contribution in [0, 0.1) is 12.7 Å². The summed E-state index contributed by atoms with van der Waals surface area (Å²) in [7, 11) is 0. The molecule has 0 aliphatic heterocycles. The maximum atomic E-state index is 13.5. The quantitative estimate of drug-likeness (QED) is 0.690. The zero-order chi connectivity index (χ0) is 11.4. The standard InChI is InChI=1S/C13H16BrF/c1-4-9(2)5-6-11-7-8-12(14)13(15)10(11)3/h7-8H,2,4-6H2,1,3H3. The van der Waals surface area contributed by atoms with E-state index in [0.717, 1.165) is 30.4 Å². The molecule has 0 atom stereocenters. The molecule has 0 heterocycles. The van der Waals surface area contributed by atoms with Gasteiger partial charge in [-0.15, -0.1) is 0 Å². The Labute approximate surface area is 99.3 Å². The minimum absolute atomic E-state index is 0.144. The van der Waals surface area contributed by atoms with Crippen LogP contribution in [0.5, 0.6) is 0 Å². The van der Waals surface area contributed by atoms with E-state index in [4.69, 9.17) is 0 Å². The number of hydrogen-bond acceptors (Lipinski definition) is 0. The lowest BCUT2D eigenvalue weighted by Gasteiger charge is -2.08. The first-order valence-electron chi connectivity index (χ1n) is 5.16. The normalized spacial score (nSPS) is 10.4. The van der Waals surface area contributed by atoms with Crippen LogP contribution in [-0.2, 0) is 6.42 Å². The average molecular weight is 271 g/mol. The van der Waals surface area contributed by atoms with Gasteiger partial charge in [-0.3, -0.25) is 0 Å². The summed E-state index contributed by atoms with van der Waals surface area (Å²) in [6.45, 7) is 7.87. The van der Waals surface area contributed by atoms with E-state index < -0.39 is 0 Å². The van der Waals surface area contributed by atoms with Gasteiger partial charge in [-0.05, 0) is 59.3 Å². The van der Waals surface area contributed by atoms with Gasteiger partial charge in [-0.2, -0.15) is 0 Å². The second-order valence-electron chi connectivity index (χ2n) is 3.75. The van der Waals surface area contributed by atoms with E-state index in [1.807, 2.05) is 13.0 Å². The van der Waals surface area contributed by atoms with Gasteiger partial charge in [-0.25, -0.2) is 4.39 Å². The fourth-order valence-electron chi connectivity index (χ4n) is 1.45. The number of benzene rings is 1. The lowest BCUT2D eigenvalue weighted by molar-refractivity contribution is 0.608. The third-order valence-electron chi connectivity index (χ3n) is 2.70. The highest BCUT2D eigenvalue weighted by Crippen LogP contribution is 2.23. The Bertz CT molecular complexity index is 369. The molecule has 0 bridgehead atoms. The summed E-state index contributed by atoms with van der Waals surface area (Å²) in [6.07, 6.45) is 2.82. The first-order valence-corrected chi connectivity index (χ1v) is 5.95. The van der Waals surface area contributed by atoms with Crippen molar-refractivity contribution in [3.8, 4) is 0 Å². The molecule has 0 aromatic heterocycles. The maximum absolute atomic E-state index is 13.5. The summed E-state index contributed by atoms with van der Waals surface area (Å²) in [5.41, 5.74) is 3.04. The minimum atomic E-state index is -0.144. The van der Waals surface area contributed by atoms with Crippen molar-refractivity contribution < 1.29 is 4.39 Å². The zero-order valence-corrected chi connectivity index (χ0v) is 10.8. The smallest absolute Gasteiger partial charge is 0.140 e. The lowest BCUT2D eigenvalue weighted by Crippen LogP contribution is -1.95. The van der Waals surface area contributed by atoms with Crippen LogP contribution in [0.25, 0.3) is 0 Å². The van der Waals surface area contributed by atoms with E-state index >= 15 is 0 Å². The van der Waals surface area contributed by atoms with Crippen molar-refractivity contribution in [2.24, 2.45) is 0 Å². The molecule has 15 heavy (non-hydrogen) atoms. The number of aryl methyl sites for hydroxylation is 1. The number of allylic oxidation sites excluding steroid dienone is 1. The largest absolute Gasteiger partial charge is 0.205 e. The molecule has 0 saturated carbocycles. The molecule has 0 N–H and O–H groups in total. The Balaban J connectivity index is 2.78. The molecule has 0 spiro atoms. The van der Waals surface area contributed by atoms with E-state index in [-0.39, 0.29) is 5.82 Å². The van der Waals surface area contributed by atoms with Gasteiger partial charge in [0.25, 0.3) is 0 Å². The minimum Gasteiger partial charge on any atom is -0.205 e. The summed E-state index contributed by atoms with van der Waals surface area (Å²) in [6, 6.07) is 3.75. The van der Waals surface area contributed by atoms with Crippen molar-refractivity contribution in [2.45, 2.75) is 33.1 Å². The first kappa shape index (κ1) is 12.4. The van der Waals surface area contributed by atoms with Gasteiger partial charge in [0.05, 0.1) is 4.47 Å². The van der Waals surface area contributed by atoms with Crippen LogP contribution in [0.15, 0.2) is 28.8 Å². The Morgan fingerprint density at radius 2 is 2.13 bits per heavy atom. The summed E-state index contributed by atoms with van der Waals surface area (Å²) in [5, 5.41) is 0. The summed E-state index contributed by atoms with van der Waals surface area (Å²) >= 11 is 3.18. The van der Waals surface area contributed by atoms with E-state index in [1.165, 1.54) is 5.57 Å². The molecule has 0 fully saturated rings. The summed E-state index contributed by atoms with van der Waals surface area (Å²) < 4.78 is 14.1. The molecule has 1 aromatic carbocycles. The summed E-state index contributed by atoms with van der Waals surface area (Å²) in [5.74, 6) is -0.144. The number of hydrogen-bond donors (Lipinski definition) is 0. The van der Waals surface area contributed by atoms with Gasteiger partial charge < -0.3 is 0 Å². The predicted octanol–water partition coefficient (Wildman–Crippen LogP) is 4.80. The highest BCUT2D eigenvalue weighted by molar-refractivity contribution is 9.10. The van der Waals surface area contributed by atoms with Crippen molar-refractivity contribution in [2.75, 3.05) is 0 Å². The van der Waals surface area contributed by atoms with E-state index in [1.54, 1.807) is 6.07 Å². The molecule has 0 aliphatic rings. The van der Waals surface area contributed by atoms with Crippen LogP contribution in [-0.4, -0.2) is 0 Å². The van der Waals surface area contributed by atoms with Crippen LogP contribution in [0.1, 0.15) is 30.9 Å². The fraction of sp³-hybridized carbons (Fsp3) is 0.385. The zero-order valence-electron chi connectivity index (χ0n) is 9.24. The van der Waals surface area contributed by atoms with Crippen LogP contribution >= 0.6 is 15.9 Å². The molecule has 82 valence electrons. The van der Waals surface area contributed by atoms with Crippen molar-refractivity contribution in [1.29, 1.82) is 0 Å². The van der Waals surface area contributed by atoms with Crippen molar-refractivity contribution in [1.82, 2.24) is 0 Å². The third kappa shape index (κ3) is 3.16. The van der Waals surface area contributed by atoms with Gasteiger partial charge in [0.15, 0.2) is 0 Å². The third-order valence-corrected chi connectivity index (χ3v) is 3.31. The molecule has 0 nitrogen and oxygen atoms in total. The Morgan fingerprint density at radius 3 is 2.73 bits per heavy atom. The fourth-order valence-corrected chi connectivity index (χ4v) is 1.88. The molecule has 0 saturated heterocycles. The molecule has 0 unspecified atom stereocenters. The molecule has 2 heteroatoms. The van der Waals surface area contributed by atoms with Gasteiger partial charge in [0, 0.05) is 0 Å². The molecular formula is C13H16BrF. The SMILES string of the molecule is C=C(CC)CCc1ccc(Br)c(F)c1C. The molecular weight excluding hydrogens is 255 g/mol. The lowest BCUT2D eigenvalue weighted by atomic mass is 10.00. The summed E-state index contributed by atoms with van der Waals surface area (Å²) in [4.78, 5) is 0. The Hall–Kier alpha value is -0.630. The topological polar surface area (TPSA) is 0 Å². The van der Waals surface area contributed by atoms with Crippen molar-refractivity contribution in [3.05, 3.63) is 45.7 Å². The second-order valence-corrected chi connectivity index (χ2v) is 4.60. The monoisotopic (exact) mass is 270 g/mol. The van der Waals surface area contributed by atoms with Crippen molar-refractivity contribution in [3.63, 3.8) is 0 Å². The van der Waals surface area contributed by atoms with Crippen molar-refractivity contribution >= 4 is 15.9 Å². The predicted molar refractivity (Wildman–Crippen MR) is 66.6 cm³/mol. The van der Waals surface area contributed by atoms with E-state index in [0.29, 0.717) is 4.47 Å². The maximum Gasteiger partial charge on any atom is 0.140 e. The van der Waals surface area contributed by atoms with Crippen LogP contribution in [0.3, 0.4) is 0 Å². The molecule has 0 aliphatic carbocycles. The van der Waals surface area contributed by atoms with Gasteiger partial charge >= 0.3 is 0 Å². The van der Waals surface area contributed by atoms with Gasteiger partial charge in [0.2, 0.25) is 0 Å². The molecule has 0 amide bonds. The molecule has 1 rings (SSSR count). The average Bonchev–Trinajstić information content (AvgIpc) is 2.24. The Kier molecular flexibility index (Phi) is 4.52. The highest BCUT2D eigenvalue weighted by atomic mass is 79.9. The second kappa shape index (κ2) is 5.45. The van der Waals surface area contributed by atoms with E-state index in [2.05, 4.69) is 29.4 Å². The number of halogens is 2. The molecule has 1 aromatic rings. The Morgan fingerprint density at radius 1 is 1.47 bits per heavy atom. The van der Waals surface area contributed by atoms with Crippen LogP contribution in [0.2, 0.25) is 0 Å². The van der Waals surface area contributed by atoms with Crippen LogP contribution < -0.4 is 0 Å². The molecule has 0 radical (unpaired) electrons.